The second-order valence-electron chi connectivity index (χ2n) is 6.91. The summed E-state index contributed by atoms with van der Waals surface area (Å²) in [7, 11) is 1.22. The van der Waals surface area contributed by atoms with E-state index in [0.29, 0.717) is 0 Å². The molecule has 0 spiro atoms. The Morgan fingerprint density at radius 1 is 0.912 bits per heavy atom. The normalized spacial score (nSPS) is 10.4. The second-order valence-corrected chi connectivity index (χ2v) is 7.93. The number of carbonyl (C=O) groups is 4. The molecule has 0 radical (unpaired) electrons. The molecule has 2 amide bonds. The minimum atomic E-state index is -0.784. The SMILES string of the molecule is CCOC(=O)c1c(NC(=O)c2ccccc2F)sc(C(=O)Nc2ccccc2C(=O)OC)c1C. The van der Waals surface area contributed by atoms with Crippen LogP contribution in [0.1, 0.15) is 53.2 Å². The van der Waals surface area contributed by atoms with Crippen molar-refractivity contribution in [2.45, 2.75) is 13.8 Å². The van der Waals surface area contributed by atoms with Crippen LogP contribution in [0.3, 0.4) is 0 Å². The zero-order valence-corrected chi connectivity index (χ0v) is 19.4. The predicted octanol–water partition coefficient (Wildman–Crippen LogP) is 4.66. The highest BCUT2D eigenvalue weighted by Gasteiger charge is 2.28. The number of rotatable bonds is 7. The van der Waals surface area contributed by atoms with Crippen molar-refractivity contribution in [2.75, 3.05) is 24.4 Å². The molecule has 1 heterocycles. The van der Waals surface area contributed by atoms with Gasteiger partial charge in [0.15, 0.2) is 0 Å². The van der Waals surface area contributed by atoms with E-state index in [2.05, 4.69) is 10.6 Å². The number of ether oxygens (including phenoxy) is 2. The van der Waals surface area contributed by atoms with Crippen LogP contribution in [0.2, 0.25) is 0 Å². The molecule has 0 unspecified atom stereocenters. The number of para-hydroxylation sites is 1. The average Bonchev–Trinajstić information content (AvgIpc) is 3.15. The molecule has 10 heteroatoms. The maximum atomic E-state index is 14.1. The highest BCUT2D eigenvalue weighted by molar-refractivity contribution is 7.19. The molecule has 0 saturated heterocycles. The molecule has 0 atom stereocenters. The van der Waals surface area contributed by atoms with Gasteiger partial charge in [-0.3, -0.25) is 9.59 Å². The third kappa shape index (κ3) is 5.12. The van der Waals surface area contributed by atoms with Crippen LogP contribution in [0.4, 0.5) is 15.1 Å². The molecule has 0 aliphatic heterocycles. The van der Waals surface area contributed by atoms with Crippen LogP contribution in [-0.2, 0) is 9.47 Å². The Labute approximate surface area is 198 Å². The van der Waals surface area contributed by atoms with Crippen LogP contribution < -0.4 is 10.6 Å². The van der Waals surface area contributed by atoms with Gasteiger partial charge < -0.3 is 20.1 Å². The van der Waals surface area contributed by atoms with E-state index in [-0.39, 0.29) is 44.4 Å². The minimum Gasteiger partial charge on any atom is -0.465 e. The second kappa shape index (κ2) is 10.7. The van der Waals surface area contributed by atoms with Crippen molar-refractivity contribution in [2.24, 2.45) is 0 Å². The van der Waals surface area contributed by atoms with Crippen molar-refractivity contribution in [3.8, 4) is 0 Å². The van der Waals surface area contributed by atoms with Gasteiger partial charge in [0.2, 0.25) is 0 Å². The lowest BCUT2D eigenvalue weighted by atomic mass is 10.1. The van der Waals surface area contributed by atoms with Crippen molar-refractivity contribution in [1.82, 2.24) is 0 Å². The molecule has 176 valence electrons. The van der Waals surface area contributed by atoms with Crippen molar-refractivity contribution in [3.05, 3.63) is 81.5 Å². The van der Waals surface area contributed by atoms with Crippen LogP contribution in [0, 0.1) is 12.7 Å². The predicted molar refractivity (Wildman–Crippen MR) is 125 cm³/mol. The van der Waals surface area contributed by atoms with Crippen molar-refractivity contribution in [3.63, 3.8) is 0 Å². The number of anilines is 2. The standard InChI is InChI=1S/C24H21FN2O6S/c1-4-33-24(31)18-13(2)19(21(29)26-17-12-8-6-10-15(17)23(30)32-3)34-22(18)27-20(28)14-9-5-7-11-16(14)25/h5-12H,4H2,1-3H3,(H,26,29)(H,27,28). The first-order valence-electron chi connectivity index (χ1n) is 10.1. The Balaban J connectivity index is 1.98. The Hall–Kier alpha value is -4.05. The third-order valence-corrected chi connectivity index (χ3v) is 5.96. The maximum Gasteiger partial charge on any atom is 0.341 e. The number of nitrogens with one attached hydrogen (secondary N) is 2. The van der Waals surface area contributed by atoms with E-state index in [1.807, 2.05) is 0 Å². The molecule has 34 heavy (non-hydrogen) atoms. The number of hydrogen-bond donors (Lipinski definition) is 2. The Morgan fingerprint density at radius 2 is 1.56 bits per heavy atom. The third-order valence-electron chi connectivity index (χ3n) is 4.76. The molecule has 8 nitrogen and oxygen atoms in total. The molecule has 0 bridgehead atoms. The number of esters is 2. The monoisotopic (exact) mass is 484 g/mol. The highest BCUT2D eigenvalue weighted by atomic mass is 32.1. The quantitative estimate of drug-likeness (QED) is 0.472. The fourth-order valence-electron chi connectivity index (χ4n) is 3.14. The number of amides is 2. The summed E-state index contributed by atoms with van der Waals surface area (Å²) in [6.07, 6.45) is 0. The summed E-state index contributed by atoms with van der Waals surface area (Å²) in [5.41, 5.74) is 0.387. The van der Waals surface area contributed by atoms with Gasteiger partial charge in [0.25, 0.3) is 11.8 Å². The highest BCUT2D eigenvalue weighted by Crippen LogP contribution is 2.35. The molecule has 2 N–H and O–H groups in total. The van der Waals surface area contributed by atoms with Gasteiger partial charge in [-0.05, 0) is 43.7 Å². The van der Waals surface area contributed by atoms with Crippen molar-refractivity contribution >= 4 is 45.8 Å². The lowest BCUT2D eigenvalue weighted by molar-refractivity contribution is 0.0526. The number of thiophene rings is 1. The summed E-state index contributed by atoms with van der Waals surface area (Å²) < 4.78 is 23.9. The Kier molecular flexibility index (Phi) is 7.75. The van der Waals surface area contributed by atoms with Gasteiger partial charge in [-0.1, -0.05) is 24.3 Å². The van der Waals surface area contributed by atoms with Gasteiger partial charge in [-0.15, -0.1) is 11.3 Å². The molecular weight excluding hydrogens is 463 g/mol. The zero-order chi connectivity index (χ0) is 24.8. The lowest BCUT2D eigenvalue weighted by Crippen LogP contribution is -2.16. The summed E-state index contributed by atoms with van der Waals surface area (Å²) in [6, 6.07) is 11.7. The molecule has 3 aromatic rings. The number of benzene rings is 2. The van der Waals surface area contributed by atoms with Crippen LogP contribution in [-0.4, -0.2) is 37.5 Å². The fourth-order valence-corrected chi connectivity index (χ4v) is 4.23. The lowest BCUT2D eigenvalue weighted by Gasteiger charge is -2.09. The van der Waals surface area contributed by atoms with E-state index in [9.17, 15) is 23.6 Å². The van der Waals surface area contributed by atoms with Crippen molar-refractivity contribution < 1.29 is 33.0 Å². The summed E-state index contributed by atoms with van der Waals surface area (Å²) in [5.74, 6) is -3.51. The van der Waals surface area contributed by atoms with E-state index in [4.69, 9.17) is 9.47 Å². The van der Waals surface area contributed by atoms with E-state index in [1.165, 1.54) is 44.4 Å². The van der Waals surface area contributed by atoms with E-state index >= 15 is 0 Å². The van der Waals surface area contributed by atoms with Gasteiger partial charge in [0.05, 0.1) is 41.0 Å². The van der Waals surface area contributed by atoms with Gasteiger partial charge in [0, 0.05) is 0 Å². The smallest absolute Gasteiger partial charge is 0.341 e. The summed E-state index contributed by atoms with van der Waals surface area (Å²) in [4.78, 5) is 50.5. The topological polar surface area (TPSA) is 111 Å². The van der Waals surface area contributed by atoms with Crippen LogP contribution in [0.5, 0.6) is 0 Å². The van der Waals surface area contributed by atoms with Gasteiger partial charge >= 0.3 is 11.9 Å². The molecule has 0 fully saturated rings. The van der Waals surface area contributed by atoms with E-state index in [0.717, 1.165) is 17.4 Å². The number of halogens is 1. The largest absolute Gasteiger partial charge is 0.465 e. The van der Waals surface area contributed by atoms with Crippen molar-refractivity contribution in [1.29, 1.82) is 0 Å². The molecule has 0 aliphatic rings. The van der Waals surface area contributed by atoms with Gasteiger partial charge in [-0.2, -0.15) is 0 Å². The molecule has 3 rings (SSSR count). The number of carbonyl (C=O) groups excluding carboxylic acids is 4. The Morgan fingerprint density at radius 3 is 2.21 bits per heavy atom. The van der Waals surface area contributed by atoms with E-state index < -0.39 is 29.6 Å². The van der Waals surface area contributed by atoms with Crippen LogP contribution >= 0.6 is 11.3 Å². The summed E-state index contributed by atoms with van der Waals surface area (Å²) in [5, 5.41) is 5.18. The first-order chi connectivity index (χ1) is 16.3. The molecule has 2 aromatic carbocycles. The maximum absolute atomic E-state index is 14.1. The first-order valence-corrected chi connectivity index (χ1v) is 10.9. The van der Waals surface area contributed by atoms with Crippen LogP contribution in [0.25, 0.3) is 0 Å². The molecule has 1 aromatic heterocycles. The van der Waals surface area contributed by atoms with Crippen LogP contribution in [0.15, 0.2) is 48.5 Å². The summed E-state index contributed by atoms with van der Waals surface area (Å²) in [6.45, 7) is 3.22. The fraction of sp³-hybridized carbons (Fsp3) is 0.167. The summed E-state index contributed by atoms with van der Waals surface area (Å²) >= 11 is 0.833. The number of hydrogen-bond acceptors (Lipinski definition) is 7. The first kappa shape index (κ1) is 24.6. The molecular formula is C24H21FN2O6S. The average molecular weight is 485 g/mol. The van der Waals surface area contributed by atoms with Gasteiger partial charge in [-0.25, -0.2) is 14.0 Å². The van der Waals surface area contributed by atoms with E-state index in [1.54, 1.807) is 19.1 Å². The minimum absolute atomic E-state index is 0.0112. The number of methoxy groups -OCH3 is 1. The van der Waals surface area contributed by atoms with Gasteiger partial charge in [0.1, 0.15) is 10.8 Å². The molecule has 0 saturated carbocycles. The molecule has 0 aliphatic carbocycles. The zero-order valence-electron chi connectivity index (χ0n) is 18.6. The Bertz CT molecular complexity index is 1270.